The Kier molecular flexibility index (Phi) is 4.26. The second kappa shape index (κ2) is 7.07. The van der Waals surface area contributed by atoms with Gasteiger partial charge in [-0.05, 0) is 48.0 Å². The number of benzene rings is 3. The summed E-state index contributed by atoms with van der Waals surface area (Å²) in [6, 6.07) is 21.3. The lowest BCUT2D eigenvalue weighted by Crippen LogP contribution is -1.91. The molecule has 2 N–H and O–H groups in total. The van der Waals surface area contributed by atoms with E-state index in [0.29, 0.717) is 5.75 Å². The number of hydrogen-bond donors (Lipinski definition) is 2. The number of methoxy groups -OCH3 is 1. The summed E-state index contributed by atoms with van der Waals surface area (Å²) in [4.78, 5) is 13.0. The molecule has 3 aromatic carbocycles. The number of phenols is 1. The molecule has 0 saturated heterocycles. The normalized spacial score (nSPS) is 12.0. The van der Waals surface area contributed by atoms with Gasteiger partial charge in [0.2, 0.25) is 0 Å². The number of para-hydroxylation sites is 3. The van der Waals surface area contributed by atoms with E-state index >= 15 is 0 Å². The van der Waals surface area contributed by atoms with Gasteiger partial charge >= 0.3 is 0 Å². The Morgan fingerprint density at radius 2 is 1.79 bits per heavy atom. The Morgan fingerprint density at radius 1 is 1.00 bits per heavy atom. The molecule has 142 valence electrons. The fourth-order valence-corrected chi connectivity index (χ4v) is 4.23. The fourth-order valence-electron chi connectivity index (χ4n) is 3.25. The molecule has 5 rings (SSSR count). The molecule has 0 fully saturated rings. The molecule has 5 nitrogen and oxygen atoms in total. The molecule has 2 heterocycles. The Balaban J connectivity index is 1.72. The van der Waals surface area contributed by atoms with E-state index in [1.54, 1.807) is 23.5 Å². The van der Waals surface area contributed by atoms with Crippen molar-refractivity contribution in [2.45, 2.75) is 0 Å². The number of ether oxygens (including phenoxy) is 1. The fraction of sp³-hybridized carbons (Fsp3) is 0.0435. The molecule has 0 aliphatic carbocycles. The average Bonchev–Trinajstić information content (AvgIpc) is 3.37. The first kappa shape index (κ1) is 17.5. The van der Waals surface area contributed by atoms with Crippen molar-refractivity contribution in [1.82, 2.24) is 15.0 Å². The summed E-state index contributed by atoms with van der Waals surface area (Å²) in [5.74, 6) is 1.28. The Morgan fingerprint density at radius 3 is 2.59 bits per heavy atom. The molecule has 5 aromatic rings. The zero-order valence-electron chi connectivity index (χ0n) is 15.6. The summed E-state index contributed by atoms with van der Waals surface area (Å²) >= 11 is 1.62. The molecule has 2 aromatic heterocycles. The molecule has 0 bridgehead atoms. The lowest BCUT2D eigenvalue weighted by Gasteiger charge is -2.06. The third-order valence-corrected chi connectivity index (χ3v) is 5.75. The van der Waals surface area contributed by atoms with Crippen LogP contribution in [0, 0.1) is 0 Å². The number of imidazole rings is 1. The topological polar surface area (TPSA) is 71.0 Å². The molecule has 29 heavy (non-hydrogen) atoms. The minimum Gasteiger partial charge on any atom is -0.504 e. The van der Waals surface area contributed by atoms with Gasteiger partial charge in [-0.15, -0.1) is 11.3 Å². The maximum absolute atomic E-state index is 9.92. The van der Waals surface area contributed by atoms with Crippen molar-refractivity contribution >= 4 is 44.2 Å². The number of phenolic OH excluding ortho intramolecular Hbond substituents is 1. The van der Waals surface area contributed by atoms with Crippen LogP contribution in [0.15, 0.2) is 66.7 Å². The highest BCUT2D eigenvalue weighted by molar-refractivity contribution is 7.19. The first-order valence-electron chi connectivity index (χ1n) is 9.11. The second-order valence-electron chi connectivity index (χ2n) is 6.58. The summed E-state index contributed by atoms with van der Waals surface area (Å²) in [6.07, 6.45) is 2.01. The number of aromatic amines is 1. The summed E-state index contributed by atoms with van der Waals surface area (Å²) in [7, 11) is 1.54. The highest BCUT2D eigenvalue weighted by atomic mass is 32.1. The minimum atomic E-state index is 0.106. The van der Waals surface area contributed by atoms with Gasteiger partial charge in [0.1, 0.15) is 10.8 Å². The summed E-state index contributed by atoms with van der Waals surface area (Å²) in [6.45, 7) is 0. The first-order chi connectivity index (χ1) is 14.2. The van der Waals surface area contributed by atoms with Crippen LogP contribution in [0.2, 0.25) is 0 Å². The van der Waals surface area contributed by atoms with Gasteiger partial charge in [-0.2, -0.15) is 0 Å². The van der Waals surface area contributed by atoms with Gasteiger partial charge in [-0.25, -0.2) is 9.97 Å². The highest BCUT2D eigenvalue weighted by Crippen LogP contribution is 2.34. The molecule has 0 spiro atoms. The number of nitrogens with one attached hydrogen (secondary N) is 1. The van der Waals surface area contributed by atoms with E-state index in [-0.39, 0.29) is 5.75 Å². The summed E-state index contributed by atoms with van der Waals surface area (Å²) in [5, 5.41) is 10.8. The van der Waals surface area contributed by atoms with Crippen LogP contribution in [0.5, 0.6) is 11.5 Å². The van der Waals surface area contributed by atoms with Crippen molar-refractivity contribution in [3.05, 3.63) is 83.1 Å². The van der Waals surface area contributed by atoms with Crippen molar-refractivity contribution in [3.63, 3.8) is 0 Å². The van der Waals surface area contributed by atoms with Crippen LogP contribution >= 0.6 is 11.3 Å². The van der Waals surface area contributed by atoms with E-state index in [1.807, 2.05) is 54.6 Å². The smallest absolute Gasteiger partial charge is 0.161 e. The zero-order chi connectivity index (χ0) is 19.8. The number of hydrogen-bond acceptors (Lipinski definition) is 5. The van der Waals surface area contributed by atoms with Gasteiger partial charge in [0.05, 0.1) is 33.9 Å². The van der Waals surface area contributed by atoms with Crippen LogP contribution in [0.25, 0.3) is 32.9 Å². The monoisotopic (exact) mass is 399 g/mol. The largest absolute Gasteiger partial charge is 0.504 e. The van der Waals surface area contributed by atoms with Gasteiger partial charge in [0, 0.05) is 0 Å². The third kappa shape index (κ3) is 3.23. The number of fused-ring (bicyclic) bond motifs is 2. The second-order valence-corrected chi connectivity index (χ2v) is 7.61. The first-order valence-corrected chi connectivity index (χ1v) is 9.93. The van der Waals surface area contributed by atoms with Crippen LogP contribution in [-0.2, 0) is 0 Å². The number of aromatic nitrogens is 3. The molecule has 0 saturated carbocycles. The van der Waals surface area contributed by atoms with Crippen LogP contribution in [0.3, 0.4) is 0 Å². The van der Waals surface area contributed by atoms with Crippen molar-refractivity contribution in [2.75, 3.05) is 7.11 Å². The summed E-state index contributed by atoms with van der Waals surface area (Å²) in [5.41, 5.74) is 4.60. The van der Waals surface area contributed by atoms with Crippen LogP contribution in [0.4, 0.5) is 0 Å². The van der Waals surface area contributed by atoms with Crippen molar-refractivity contribution in [2.24, 2.45) is 0 Å². The third-order valence-electron chi connectivity index (χ3n) is 4.68. The number of H-pyrrole nitrogens is 1. The maximum atomic E-state index is 9.92. The number of rotatable bonds is 4. The molecule has 0 unspecified atom stereocenters. The van der Waals surface area contributed by atoms with Crippen molar-refractivity contribution < 1.29 is 9.84 Å². The lowest BCUT2D eigenvalue weighted by atomic mass is 10.1. The van der Waals surface area contributed by atoms with Gasteiger partial charge < -0.3 is 14.8 Å². The highest BCUT2D eigenvalue weighted by Gasteiger charge is 2.15. The van der Waals surface area contributed by atoms with E-state index in [0.717, 1.165) is 43.2 Å². The quantitative estimate of drug-likeness (QED) is 0.420. The van der Waals surface area contributed by atoms with Gasteiger partial charge in [0.15, 0.2) is 11.5 Å². The van der Waals surface area contributed by atoms with E-state index in [4.69, 9.17) is 14.7 Å². The van der Waals surface area contributed by atoms with E-state index in [2.05, 4.69) is 11.1 Å². The van der Waals surface area contributed by atoms with Gasteiger partial charge in [0.25, 0.3) is 0 Å². The number of aromatic hydroxyl groups is 1. The Labute approximate surface area is 171 Å². The average molecular weight is 399 g/mol. The molecule has 0 aliphatic heterocycles. The SMILES string of the molecule is COc1cc(/C=C(/c2nc3ccccc3[nH]2)c2nc3ccccc3s2)ccc1O. The molecule has 0 amide bonds. The maximum Gasteiger partial charge on any atom is 0.161 e. The molecular formula is C23H17N3O2S. The van der Waals surface area contributed by atoms with Crippen LogP contribution in [0.1, 0.15) is 16.4 Å². The number of thiazole rings is 1. The lowest BCUT2D eigenvalue weighted by molar-refractivity contribution is 0.373. The Bertz CT molecular complexity index is 1230. The van der Waals surface area contributed by atoms with Crippen molar-refractivity contribution in [1.29, 1.82) is 0 Å². The molecule has 6 heteroatoms. The van der Waals surface area contributed by atoms with E-state index in [1.165, 1.54) is 7.11 Å². The molecule has 0 atom stereocenters. The van der Waals surface area contributed by atoms with Crippen molar-refractivity contribution in [3.8, 4) is 11.5 Å². The van der Waals surface area contributed by atoms with E-state index < -0.39 is 0 Å². The molecule has 0 aliphatic rings. The predicted octanol–water partition coefficient (Wildman–Crippen LogP) is 5.48. The van der Waals surface area contributed by atoms with E-state index in [9.17, 15) is 5.11 Å². The van der Waals surface area contributed by atoms with Crippen LogP contribution < -0.4 is 4.74 Å². The number of nitrogens with zero attached hydrogens (tertiary/aromatic N) is 2. The minimum absolute atomic E-state index is 0.106. The van der Waals surface area contributed by atoms with Crippen LogP contribution in [-0.4, -0.2) is 27.2 Å². The van der Waals surface area contributed by atoms with Gasteiger partial charge in [-0.3, -0.25) is 0 Å². The zero-order valence-corrected chi connectivity index (χ0v) is 16.4. The molecule has 0 radical (unpaired) electrons. The summed E-state index contributed by atoms with van der Waals surface area (Å²) < 4.78 is 6.38. The standard InChI is InChI=1S/C23H17N3O2S/c1-28-20-13-14(10-11-19(20)27)12-15(22-24-16-6-2-3-7-17(16)25-22)23-26-18-8-4-5-9-21(18)29-23/h2-13,27H,1H3,(H,24,25)/b15-12-. The Hall–Kier alpha value is -3.64. The molecular weight excluding hydrogens is 382 g/mol. The van der Waals surface area contributed by atoms with Gasteiger partial charge in [-0.1, -0.05) is 30.3 Å². The predicted molar refractivity (Wildman–Crippen MR) is 117 cm³/mol.